The lowest BCUT2D eigenvalue weighted by molar-refractivity contribution is -0.137. The molecular formula is C12H17F3N2. The SMILES string of the molecule is CN(C)CC(CN)c1cccc(C(F)(F)F)c1. The van der Waals surface area contributed by atoms with Gasteiger partial charge in [-0.25, -0.2) is 0 Å². The molecule has 0 aliphatic rings. The van der Waals surface area contributed by atoms with Crippen molar-refractivity contribution in [2.24, 2.45) is 5.73 Å². The normalized spacial score (nSPS) is 14.1. The van der Waals surface area contributed by atoms with Crippen LogP contribution >= 0.6 is 0 Å². The molecule has 1 rings (SSSR count). The second-order valence-electron chi connectivity index (χ2n) is 4.32. The van der Waals surface area contributed by atoms with Gasteiger partial charge in [0, 0.05) is 19.0 Å². The minimum absolute atomic E-state index is 0.0766. The third-order valence-electron chi connectivity index (χ3n) is 2.56. The van der Waals surface area contributed by atoms with Crippen molar-refractivity contribution in [3.63, 3.8) is 0 Å². The maximum atomic E-state index is 12.6. The Hall–Kier alpha value is -1.07. The molecule has 1 unspecified atom stereocenters. The highest BCUT2D eigenvalue weighted by Gasteiger charge is 2.30. The third-order valence-corrected chi connectivity index (χ3v) is 2.56. The zero-order valence-electron chi connectivity index (χ0n) is 9.96. The van der Waals surface area contributed by atoms with Crippen LogP contribution in [0, 0.1) is 0 Å². The van der Waals surface area contributed by atoms with Crippen LogP contribution in [0.2, 0.25) is 0 Å². The van der Waals surface area contributed by atoms with E-state index in [0.29, 0.717) is 18.7 Å². The molecule has 0 aliphatic heterocycles. The van der Waals surface area contributed by atoms with Gasteiger partial charge in [-0.3, -0.25) is 0 Å². The number of hydrogen-bond acceptors (Lipinski definition) is 2. The first-order valence-electron chi connectivity index (χ1n) is 5.36. The topological polar surface area (TPSA) is 29.3 Å². The van der Waals surface area contributed by atoms with Crippen LogP contribution in [0.5, 0.6) is 0 Å². The van der Waals surface area contributed by atoms with Gasteiger partial charge in [-0.2, -0.15) is 13.2 Å². The third kappa shape index (κ3) is 4.02. The van der Waals surface area contributed by atoms with Crippen LogP contribution in [0.25, 0.3) is 0 Å². The zero-order valence-corrected chi connectivity index (χ0v) is 9.96. The minimum Gasteiger partial charge on any atom is -0.330 e. The molecule has 1 aromatic rings. The van der Waals surface area contributed by atoms with E-state index in [2.05, 4.69) is 0 Å². The summed E-state index contributed by atoms with van der Waals surface area (Å²) < 4.78 is 37.7. The van der Waals surface area contributed by atoms with Crippen molar-refractivity contribution in [1.82, 2.24) is 4.90 Å². The first kappa shape index (κ1) is 14.0. The van der Waals surface area contributed by atoms with E-state index in [4.69, 9.17) is 5.73 Å². The highest BCUT2D eigenvalue weighted by atomic mass is 19.4. The van der Waals surface area contributed by atoms with E-state index in [9.17, 15) is 13.2 Å². The molecule has 0 radical (unpaired) electrons. The number of benzene rings is 1. The Morgan fingerprint density at radius 3 is 2.41 bits per heavy atom. The second-order valence-corrected chi connectivity index (χ2v) is 4.32. The molecule has 96 valence electrons. The van der Waals surface area contributed by atoms with Crippen molar-refractivity contribution < 1.29 is 13.2 Å². The molecule has 0 spiro atoms. The van der Waals surface area contributed by atoms with E-state index in [0.717, 1.165) is 6.07 Å². The van der Waals surface area contributed by atoms with E-state index in [1.54, 1.807) is 6.07 Å². The predicted molar refractivity (Wildman–Crippen MR) is 61.8 cm³/mol. The molecule has 1 atom stereocenters. The first-order valence-corrected chi connectivity index (χ1v) is 5.36. The van der Waals surface area contributed by atoms with Gasteiger partial charge in [0.25, 0.3) is 0 Å². The number of nitrogens with two attached hydrogens (primary N) is 1. The largest absolute Gasteiger partial charge is 0.416 e. The lowest BCUT2D eigenvalue weighted by atomic mass is 9.97. The van der Waals surface area contributed by atoms with Crippen LogP contribution in [0.15, 0.2) is 24.3 Å². The monoisotopic (exact) mass is 246 g/mol. The number of nitrogens with zero attached hydrogens (tertiary/aromatic N) is 1. The Kier molecular flexibility index (Phi) is 4.54. The smallest absolute Gasteiger partial charge is 0.330 e. The fraction of sp³-hybridized carbons (Fsp3) is 0.500. The molecule has 2 N–H and O–H groups in total. The Bertz CT molecular complexity index is 361. The molecule has 0 saturated carbocycles. The van der Waals surface area contributed by atoms with Gasteiger partial charge in [0.05, 0.1) is 5.56 Å². The standard InChI is InChI=1S/C12H17F3N2/c1-17(2)8-10(7-16)9-4-3-5-11(6-9)12(13,14)15/h3-6,10H,7-8,16H2,1-2H3. The summed E-state index contributed by atoms with van der Waals surface area (Å²) >= 11 is 0. The van der Waals surface area contributed by atoms with Crippen LogP contribution in [0.1, 0.15) is 17.0 Å². The minimum atomic E-state index is -4.30. The van der Waals surface area contributed by atoms with Gasteiger partial charge in [-0.15, -0.1) is 0 Å². The van der Waals surface area contributed by atoms with Crippen LogP contribution in [-0.2, 0) is 6.18 Å². The van der Waals surface area contributed by atoms with Crippen LogP contribution in [0.4, 0.5) is 13.2 Å². The van der Waals surface area contributed by atoms with Crippen LogP contribution in [0.3, 0.4) is 0 Å². The number of hydrogen-bond donors (Lipinski definition) is 1. The maximum absolute atomic E-state index is 12.6. The Labute approximate surface area is 99.2 Å². The van der Waals surface area contributed by atoms with Crippen molar-refractivity contribution in [2.45, 2.75) is 12.1 Å². The van der Waals surface area contributed by atoms with Gasteiger partial charge in [-0.1, -0.05) is 18.2 Å². The summed E-state index contributed by atoms with van der Waals surface area (Å²) in [5.41, 5.74) is 5.62. The molecule has 0 aromatic heterocycles. The molecule has 1 aromatic carbocycles. The van der Waals surface area contributed by atoms with Gasteiger partial charge < -0.3 is 10.6 Å². The molecule has 0 fully saturated rings. The number of likely N-dealkylation sites (N-methyl/N-ethyl adjacent to an activating group) is 1. The fourth-order valence-electron chi connectivity index (χ4n) is 1.73. The van der Waals surface area contributed by atoms with Gasteiger partial charge in [0.2, 0.25) is 0 Å². The summed E-state index contributed by atoms with van der Waals surface area (Å²) in [5.74, 6) is -0.0766. The number of alkyl halides is 3. The Balaban J connectivity index is 2.97. The van der Waals surface area contributed by atoms with Gasteiger partial charge >= 0.3 is 6.18 Å². The lowest BCUT2D eigenvalue weighted by Gasteiger charge is -2.20. The number of rotatable bonds is 4. The van der Waals surface area contributed by atoms with E-state index < -0.39 is 11.7 Å². The predicted octanol–water partition coefficient (Wildman–Crippen LogP) is 2.31. The van der Waals surface area contributed by atoms with E-state index >= 15 is 0 Å². The molecule has 0 aliphatic carbocycles. The van der Waals surface area contributed by atoms with Crippen LogP contribution in [-0.4, -0.2) is 32.1 Å². The maximum Gasteiger partial charge on any atom is 0.416 e. The summed E-state index contributed by atoms with van der Waals surface area (Å²) in [6.07, 6.45) is -4.30. The van der Waals surface area contributed by atoms with Crippen molar-refractivity contribution in [1.29, 1.82) is 0 Å². The van der Waals surface area contributed by atoms with Crippen LogP contribution < -0.4 is 5.73 Å². The first-order chi connectivity index (χ1) is 7.84. The summed E-state index contributed by atoms with van der Waals surface area (Å²) in [4.78, 5) is 1.91. The summed E-state index contributed by atoms with van der Waals surface area (Å²) in [6, 6.07) is 5.38. The Morgan fingerprint density at radius 1 is 1.29 bits per heavy atom. The zero-order chi connectivity index (χ0) is 13.1. The van der Waals surface area contributed by atoms with Gasteiger partial charge in [0.15, 0.2) is 0 Å². The highest BCUT2D eigenvalue weighted by molar-refractivity contribution is 5.28. The molecule has 17 heavy (non-hydrogen) atoms. The van der Waals surface area contributed by atoms with E-state index in [1.807, 2.05) is 19.0 Å². The molecular weight excluding hydrogens is 229 g/mol. The van der Waals surface area contributed by atoms with E-state index in [1.165, 1.54) is 12.1 Å². The summed E-state index contributed by atoms with van der Waals surface area (Å²) in [5, 5.41) is 0. The fourth-order valence-corrected chi connectivity index (χ4v) is 1.73. The van der Waals surface area contributed by atoms with Gasteiger partial charge in [-0.05, 0) is 25.7 Å². The molecule has 5 heteroatoms. The van der Waals surface area contributed by atoms with E-state index in [-0.39, 0.29) is 5.92 Å². The average molecular weight is 246 g/mol. The quantitative estimate of drug-likeness (QED) is 0.883. The number of halogens is 3. The summed E-state index contributed by atoms with van der Waals surface area (Å²) in [6.45, 7) is 0.970. The highest BCUT2D eigenvalue weighted by Crippen LogP contribution is 2.31. The lowest BCUT2D eigenvalue weighted by Crippen LogP contribution is -2.26. The molecule has 0 saturated heterocycles. The Morgan fingerprint density at radius 2 is 1.94 bits per heavy atom. The molecule has 2 nitrogen and oxygen atoms in total. The van der Waals surface area contributed by atoms with Gasteiger partial charge in [0.1, 0.15) is 0 Å². The van der Waals surface area contributed by atoms with Crippen molar-refractivity contribution in [3.05, 3.63) is 35.4 Å². The van der Waals surface area contributed by atoms with Crippen molar-refractivity contribution in [3.8, 4) is 0 Å². The van der Waals surface area contributed by atoms with Crippen molar-refractivity contribution in [2.75, 3.05) is 27.2 Å². The average Bonchev–Trinajstić information content (AvgIpc) is 2.24. The molecule has 0 heterocycles. The second kappa shape index (κ2) is 5.51. The summed E-state index contributed by atoms with van der Waals surface area (Å²) in [7, 11) is 3.74. The molecule has 0 amide bonds. The molecule has 0 bridgehead atoms. The van der Waals surface area contributed by atoms with Crippen molar-refractivity contribution >= 4 is 0 Å².